The molecule has 1 aliphatic rings. The number of likely N-dealkylation sites (tertiary alicyclic amines) is 1. The second kappa shape index (κ2) is 12.8. The predicted molar refractivity (Wildman–Crippen MR) is 124 cm³/mol. The Morgan fingerprint density at radius 1 is 1.38 bits per heavy atom. The number of hydrogen-bond donors (Lipinski definition) is 4. The molecule has 1 fully saturated rings. The molecule has 2 amide bonds. The smallest absolute Gasteiger partial charge is 0.251 e. The number of aliphatic hydroxyl groups excluding tert-OH is 2. The average molecular weight is 461 g/mol. The standard InChI is InChI=1S/C14H19NO3.C8H7ClN2.CH3NO/c16-12-8-9-15(10-12)14(18)13(17)7-6-11-4-2-1-3-5-11;1-5-2-6-3-8(9)10-4-7(6)11-5;2-1-3/h1-5,12-13,16-17H,6-10H2;2-4,11H,1H3;1H,(H2,2,3). The molecule has 3 aromatic rings. The van der Waals surface area contributed by atoms with Crippen molar-refractivity contribution in [3.05, 3.63) is 65.1 Å². The maximum atomic E-state index is 11.9. The van der Waals surface area contributed by atoms with Crippen molar-refractivity contribution in [2.75, 3.05) is 13.1 Å². The number of β-amino-alcohol motifs (C(OH)–C–C–N with tert-alkyl or cyclic N) is 1. The maximum Gasteiger partial charge on any atom is 0.251 e. The monoisotopic (exact) mass is 460 g/mol. The zero-order chi connectivity index (χ0) is 23.5. The lowest BCUT2D eigenvalue weighted by Crippen LogP contribution is -2.38. The van der Waals surface area contributed by atoms with Gasteiger partial charge in [0.2, 0.25) is 6.41 Å². The molecule has 1 saturated heterocycles. The molecule has 9 heteroatoms. The van der Waals surface area contributed by atoms with Gasteiger partial charge in [-0.1, -0.05) is 41.9 Å². The normalized spacial score (nSPS) is 15.9. The van der Waals surface area contributed by atoms with Crippen molar-refractivity contribution in [1.29, 1.82) is 0 Å². The van der Waals surface area contributed by atoms with E-state index < -0.39 is 12.2 Å². The van der Waals surface area contributed by atoms with E-state index in [9.17, 15) is 15.0 Å². The van der Waals surface area contributed by atoms with E-state index in [1.807, 2.05) is 49.4 Å². The number of nitrogens with two attached hydrogens (primary N) is 1. The minimum absolute atomic E-state index is 0.250. The largest absolute Gasteiger partial charge is 0.391 e. The number of amides is 2. The van der Waals surface area contributed by atoms with E-state index >= 15 is 0 Å². The highest BCUT2D eigenvalue weighted by Gasteiger charge is 2.28. The summed E-state index contributed by atoms with van der Waals surface area (Å²) in [6.45, 7) is 2.90. The maximum absolute atomic E-state index is 11.9. The molecular formula is C23H29ClN4O4. The molecule has 0 spiro atoms. The van der Waals surface area contributed by atoms with Gasteiger partial charge >= 0.3 is 0 Å². The molecule has 0 saturated carbocycles. The molecule has 2 unspecified atom stereocenters. The Balaban J connectivity index is 0.000000220. The van der Waals surface area contributed by atoms with Gasteiger partial charge in [-0.15, -0.1) is 0 Å². The van der Waals surface area contributed by atoms with Crippen molar-refractivity contribution >= 4 is 34.8 Å². The highest BCUT2D eigenvalue weighted by molar-refractivity contribution is 6.30. The predicted octanol–water partition coefficient (Wildman–Crippen LogP) is 2.20. The minimum Gasteiger partial charge on any atom is -0.391 e. The van der Waals surface area contributed by atoms with Crippen LogP contribution in [-0.4, -0.2) is 62.7 Å². The van der Waals surface area contributed by atoms with Crippen molar-refractivity contribution in [2.45, 2.75) is 38.4 Å². The van der Waals surface area contributed by atoms with E-state index in [0.29, 0.717) is 37.5 Å². The number of nitrogens with one attached hydrogen (secondary N) is 1. The summed E-state index contributed by atoms with van der Waals surface area (Å²) in [5.41, 5.74) is 7.45. The number of rotatable bonds is 4. The Labute approximate surface area is 192 Å². The van der Waals surface area contributed by atoms with Crippen LogP contribution >= 0.6 is 11.6 Å². The lowest BCUT2D eigenvalue weighted by Gasteiger charge is -2.19. The van der Waals surface area contributed by atoms with E-state index in [0.717, 1.165) is 22.2 Å². The molecule has 0 aliphatic carbocycles. The van der Waals surface area contributed by atoms with Crippen LogP contribution < -0.4 is 5.73 Å². The van der Waals surface area contributed by atoms with E-state index in [4.69, 9.17) is 16.4 Å². The Bertz CT molecular complexity index is 996. The molecule has 172 valence electrons. The van der Waals surface area contributed by atoms with Crippen molar-refractivity contribution in [1.82, 2.24) is 14.9 Å². The number of H-pyrrole nitrogens is 1. The molecule has 8 nitrogen and oxygen atoms in total. The number of carbonyl (C=O) groups excluding carboxylic acids is 2. The molecule has 2 atom stereocenters. The van der Waals surface area contributed by atoms with Gasteiger partial charge in [0.15, 0.2) is 0 Å². The number of halogens is 1. The van der Waals surface area contributed by atoms with Crippen LogP contribution in [0.15, 0.2) is 48.7 Å². The van der Waals surface area contributed by atoms with Crippen LogP contribution in [0.5, 0.6) is 0 Å². The van der Waals surface area contributed by atoms with Gasteiger partial charge in [0.1, 0.15) is 11.3 Å². The quantitative estimate of drug-likeness (QED) is 0.350. The number of primary amides is 1. The van der Waals surface area contributed by atoms with Crippen LogP contribution in [0.4, 0.5) is 0 Å². The zero-order valence-corrected chi connectivity index (χ0v) is 18.7. The molecule has 32 heavy (non-hydrogen) atoms. The first-order chi connectivity index (χ1) is 15.3. The van der Waals surface area contributed by atoms with Crippen LogP contribution in [-0.2, 0) is 16.0 Å². The Hall–Kier alpha value is -2.94. The topological polar surface area (TPSA) is 133 Å². The van der Waals surface area contributed by atoms with Gasteiger partial charge in [-0.3, -0.25) is 9.59 Å². The molecule has 2 aromatic heterocycles. The average Bonchev–Trinajstić information content (AvgIpc) is 3.37. The fourth-order valence-corrected chi connectivity index (χ4v) is 3.54. The second-order valence-corrected chi connectivity index (χ2v) is 7.84. The van der Waals surface area contributed by atoms with Gasteiger partial charge in [-0.25, -0.2) is 4.98 Å². The molecule has 0 bridgehead atoms. The van der Waals surface area contributed by atoms with Gasteiger partial charge in [0, 0.05) is 24.2 Å². The Kier molecular flexibility index (Phi) is 10.1. The van der Waals surface area contributed by atoms with Gasteiger partial charge in [0.05, 0.1) is 17.8 Å². The van der Waals surface area contributed by atoms with Crippen molar-refractivity contribution in [3.63, 3.8) is 0 Å². The van der Waals surface area contributed by atoms with Crippen molar-refractivity contribution in [2.24, 2.45) is 5.73 Å². The molecule has 1 aromatic carbocycles. The number of benzene rings is 1. The van der Waals surface area contributed by atoms with Crippen LogP contribution in [0, 0.1) is 6.92 Å². The summed E-state index contributed by atoms with van der Waals surface area (Å²) in [6.07, 6.45) is 2.31. The lowest BCUT2D eigenvalue weighted by atomic mass is 10.1. The Morgan fingerprint density at radius 3 is 2.69 bits per heavy atom. The van der Waals surface area contributed by atoms with E-state index in [-0.39, 0.29) is 12.3 Å². The Morgan fingerprint density at radius 2 is 2.06 bits per heavy atom. The third-order valence-electron chi connectivity index (χ3n) is 4.92. The number of aliphatic hydroxyl groups is 2. The third-order valence-corrected chi connectivity index (χ3v) is 5.12. The van der Waals surface area contributed by atoms with Crippen LogP contribution in [0.3, 0.4) is 0 Å². The van der Waals surface area contributed by atoms with E-state index in [1.54, 1.807) is 11.1 Å². The van der Waals surface area contributed by atoms with Gasteiger partial charge in [-0.2, -0.15) is 0 Å². The summed E-state index contributed by atoms with van der Waals surface area (Å²) in [5.74, 6) is -0.262. The summed E-state index contributed by atoms with van der Waals surface area (Å²) in [4.78, 5) is 29.1. The van der Waals surface area contributed by atoms with Crippen molar-refractivity contribution in [3.8, 4) is 0 Å². The van der Waals surface area contributed by atoms with Crippen LogP contribution in [0.25, 0.3) is 10.9 Å². The first-order valence-electron chi connectivity index (χ1n) is 10.3. The summed E-state index contributed by atoms with van der Waals surface area (Å²) in [7, 11) is 0. The zero-order valence-electron chi connectivity index (χ0n) is 17.9. The van der Waals surface area contributed by atoms with E-state index in [2.05, 4.69) is 15.7 Å². The third kappa shape index (κ3) is 7.96. The number of carbonyl (C=O) groups is 2. The summed E-state index contributed by atoms with van der Waals surface area (Å²) >= 11 is 5.70. The fourth-order valence-electron chi connectivity index (χ4n) is 3.37. The molecule has 3 heterocycles. The number of hydrogen-bond acceptors (Lipinski definition) is 5. The number of aryl methyl sites for hydroxylation is 2. The first kappa shape index (κ1) is 25.3. The number of fused-ring (bicyclic) bond motifs is 1. The van der Waals surface area contributed by atoms with E-state index in [1.165, 1.54) is 0 Å². The number of aromatic amines is 1. The van der Waals surface area contributed by atoms with Gasteiger partial charge in [-0.05, 0) is 43.9 Å². The molecule has 1 aliphatic heterocycles. The lowest BCUT2D eigenvalue weighted by molar-refractivity contribution is -0.139. The van der Waals surface area contributed by atoms with Gasteiger partial charge in [0.25, 0.3) is 5.91 Å². The SMILES string of the molecule is Cc1cc2cc(Cl)ncc2[nH]1.NC=O.O=C(C(O)CCc1ccccc1)N1CCC(O)C1. The minimum atomic E-state index is -0.962. The first-order valence-corrected chi connectivity index (χ1v) is 10.7. The van der Waals surface area contributed by atoms with Crippen LogP contribution in [0.1, 0.15) is 24.1 Å². The highest BCUT2D eigenvalue weighted by Crippen LogP contribution is 2.17. The summed E-state index contributed by atoms with van der Waals surface area (Å²) in [5, 5.41) is 20.9. The second-order valence-electron chi connectivity index (χ2n) is 7.45. The highest BCUT2D eigenvalue weighted by atomic mass is 35.5. The number of nitrogens with zero attached hydrogens (tertiary/aromatic N) is 2. The fraction of sp³-hybridized carbons (Fsp3) is 0.348. The number of pyridine rings is 1. The summed E-state index contributed by atoms with van der Waals surface area (Å²) in [6, 6.07) is 13.7. The molecule has 4 rings (SSSR count). The molecule has 0 radical (unpaired) electrons. The van der Waals surface area contributed by atoms with Crippen molar-refractivity contribution < 1.29 is 19.8 Å². The molecule has 5 N–H and O–H groups in total. The molecular weight excluding hydrogens is 432 g/mol. The van der Waals surface area contributed by atoms with Gasteiger partial charge < -0.3 is 25.8 Å². The number of aromatic nitrogens is 2. The summed E-state index contributed by atoms with van der Waals surface area (Å²) < 4.78 is 0. The van der Waals surface area contributed by atoms with Crippen LogP contribution in [0.2, 0.25) is 5.15 Å².